The molecule has 0 aliphatic heterocycles. The fourth-order valence-corrected chi connectivity index (χ4v) is 2.53. The standard InChI is InChI=1S/C14H14N2O4S/c1-9(17)16-12-5-2-10(3-6-12)11-4-7-13(15)14(8-11)21(18,19)20/h2-8H,15H2,1H3,(H,16,17)(H,18,19,20). The van der Waals surface area contributed by atoms with Gasteiger partial charge in [0.25, 0.3) is 10.1 Å². The Kier molecular flexibility index (Phi) is 3.97. The summed E-state index contributed by atoms with van der Waals surface area (Å²) in [5.74, 6) is -0.177. The molecule has 0 unspecified atom stereocenters. The number of nitrogens with one attached hydrogen (secondary N) is 1. The molecule has 2 rings (SSSR count). The van der Waals surface area contributed by atoms with Gasteiger partial charge in [-0.05, 0) is 35.4 Å². The van der Waals surface area contributed by atoms with Crippen LogP contribution >= 0.6 is 0 Å². The highest BCUT2D eigenvalue weighted by Crippen LogP contribution is 2.27. The third-order valence-corrected chi connectivity index (χ3v) is 3.74. The number of nitrogens with two attached hydrogens (primary N) is 1. The topological polar surface area (TPSA) is 109 Å². The third-order valence-electron chi connectivity index (χ3n) is 2.83. The molecule has 6 nitrogen and oxygen atoms in total. The molecule has 0 aliphatic rings. The molecule has 1 amide bonds. The Balaban J connectivity index is 2.41. The Morgan fingerprint density at radius 2 is 1.67 bits per heavy atom. The molecule has 0 fully saturated rings. The van der Waals surface area contributed by atoms with E-state index in [0.717, 1.165) is 5.56 Å². The van der Waals surface area contributed by atoms with E-state index < -0.39 is 10.1 Å². The fourth-order valence-electron chi connectivity index (χ4n) is 1.89. The van der Waals surface area contributed by atoms with Crippen molar-refractivity contribution in [3.63, 3.8) is 0 Å². The first-order valence-corrected chi connectivity index (χ1v) is 7.46. The first-order chi connectivity index (χ1) is 9.77. The van der Waals surface area contributed by atoms with Gasteiger partial charge in [0, 0.05) is 12.6 Å². The summed E-state index contributed by atoms with van der Waals surface area (Å²) >= 11 is 0. The molecule has 21 heavy (non-hydrogen) atoms. The lowest BCUT2D eigenvalue weighted by molar-refractivity contribution is -0.114. The zero-order valence-corrected chi connectivity index (χ0v) is 12.0. The molecule has 110 valence electrons. The fraction of sp³-hybridized carbons (Fsp3) is 0.0714. The normalized spacial score (nSPS) is 11.1. The molecule has 7 heteroatoms. The van der Waals surface area contributed by atoms with Gasteiger partial charge < -0.3 is 11.1 Å². The van der Waals surface area contributed by atoms with E-state index in [1.807, 2.05) is 0 Å². The lowest BCUT2D eigenvalue weighted by Crippen LogP contribution is -2.05. The predicted octanol–water partition coefficient (Wildman–Crippen LogP) is 2.14. The minimum atomic E-state index is -4.37. The minimum absolute atomic E-state index is 0.0175. The van der Waals surface area contributed by atoms with Crippen molar-refractivity contribution in [2.75, 3.05) is 11.1 Å². The number of carbonyl (C=O) groups excluding carboxylic acids is 1. The molecule has 0 saturated carbocycles. The molecule has 0 aromatic heterocycles. The third kappa shape index (κ3) is 3.59. The highest BCUT2D eigenvalue weighted by molar-refractivity contribution is 7.86. The second kappa shape index (κ2) is 5.55. The Morgan fingerprint density at radius 3 is 2.19 bits per heavy atom. The molecule has 0 saturated heterocycles. The van der Waals surface area contributed by atoms with Crippen molar-refractivity contribution in [1.82, 2.24) is 0 Å². The van der Waals surface area contributed by atoms with Crippen molar-refractivity contribution in [3.05, 3.63) is 42.5 Å². The number of benzene rings is 2. The van der Waals surface area contributed by atoms with Crippen molar-refractivity contribution in [3.8, 4) is 11.1 Å². The van der Waals surface area contributed by atoms with Gasteiger partial charge in [-0.3, -0.25) is 9.35 Å². The van der Waals surface area contributed by atoms with Crippen molar-refractivity contribution >= 4 is 27.4 Å². The van der Waals surface area contributed by atoms with E-state index in [1.165, 1.54) is 19.1 Å². The lowest BCUT2D eigenvalue weighted by atomic mass is 10.1. The predicted molar refractivity (Wildman–Crippen MR) is 80.4 cm³/mol. The smallest absolute Gasteiger partial charge is 0.296 e. The first-order valence-electron chi connectivity index (χ1n) is 6.02. The monoisotopic (exact) mass is 306 g/mol. The molecule has 0 radical (unpaired) electrons. The Labute approximate surface area is 122 Å². The van der Waals surface area contributed by atoms with Crippen LogP contribution in [0.3, 0.4) is 0 Å². The maximum absolute atomic E-state index is 11.2. The van der Waals surface area contributed by atoms with Gasteiger partial charge in [-0.15, -0.1) is 0 Å². The SMILES string of the molecule is CC(=O)Nc1ccc(-c2ccc(N)c(S(=O)(=O)O)c2)cc1. The van der Waals surface area contributed by atoms with E-state index in [1.54, 1.807) is 30.3 Å². The van der Waals surface area contributed by atoms with E-state index in [-0.39, 0.29) is 16.5 Å². The van der Waals surface area contributed by atoms with Crippen LogP contribution in [0.4, 0.5) is 11.4 Å². The molecule has 2 aromatic carbocycles. The molecule has 0 spiro atoms. The summed E-state index contributed by atoms with van der Waals surface area (Å²) < 4.78 is 31.6. The zero-order valence-electron chi connectivity index (χ0n) is 11.2. The van der Waals surface area contributed by atoms with Crippen LogP contribution in [0.1, 0.15) is 6.92 Å². The van der Waals surface area contributed by atoms with Gasteiger partial charge in [-0.25, -0.2) is 0 Å². The van der Waals surface area contributed by atoms with Gasteiger partial charge in [0.05, 0.1) is 5.69 Å². The second-order valence-corrected chi connectivity index (χ2v) is 5.88. The van der Waals surface area contributed by atoms with Crippen LogP contribution in [-0.2, 0) is 14.9 Å². The molecule has 2 aromatic rings. The lowest BCUT2D eigenvalue weighted by Gasteiger charge is -2.08. The average Bonchev–Trinajstić information content (AvgIpc) is 2.38. The molecule has 0 atom stereocenters. The molecule has 4 N–H and O–H groups in total. The van der Waals surface area contributed by atoms with Crippen LogP contribution in [0.5, 0.6) is 0 Å². The molecule has 0 aliphatic carbocycles. The van der Waals surface area contributed by atoms with Gasteiger partial charge in [0.15, 0.2) is 0 Å². The van der Waals surface area contributed by atoms with Crippen LogP contribution in [0.2, 0.25) is 0 Å². The quantitative estimate of drug-likeness (QED) is 0.594. The van der Waals surface area contributed by atoms with E-state index in [9.17, 15) is 13.2 Å². The van der Waals surface area contributed by atoms with Crippen LogP contribution in [-0.4, -0.2) is 18.9 Å². The van der Waals surface area contributed by atoms with Crippen LogP contribution in [0.25, 0.3) is 11.1 Å². The number of rotatable bonds is 3. The van der Waals surface area contributed by atoms with Gasteiger partial charge in [0.2, 0.25) is 5.91 Å². The molecule has 0 bridgehead atoms. The van der Waals surface area contributed by atoms with Crippen LogP contribution in [0.15, 0.2) is 47.4 Å². The summed E-state index contributed by atoms with van der Waals surface area (Å²) in [5.41, 5.74) is 7.48. The molecular formula is C14H14N2O4S. The van der Waals surface area contributed by atoms with E-state index in [2.05, 4.69) is 5.32 Å². The molecule has 0 heterocycles. The van der Waals surface area contributed by atoms with Crippen LogP contribution in [0, 0.1) is 0 Å². The zero-order chi connectivity index (χ0) is 15.6. The summed E-state index contributed by atoms with van der Waals surface area (Å²) in [6.07, 6.45) is 0. The second-order valence-electron chi connectivity index (χ2n) is 4.49. The van der Waals surface area contributed by atoms with Crippen molar-refractivity contribution < 1.29 is 17.8 Å². The number of carbonyl (C=O) groups is 1. The summed E-state index contributed by atoms with van der Waals surface area (Å²) in [5, 5.41) is 2.63. The largest absolute Gasteiger partial charge is 0.398 e. The Morgan fingerprint density at radius 1 is 1.10 bits per heavy atom. The van der Waals surface area contributed by atoms with Crippen molar-refractivity contribution in [2.24, 2.45) is 0 Å². The number of nitrogen functional groups attached to an aromatic ring is 1. The van der Waals surface area contributed by atoms with Gasteiger partial charge >= 0.3 is 0 Å². The van der Waals surface area contributed by atoms with Crippen LogP contribution < -0.4 is 11.1 Å². The molecular weight excluding hydrogens is 292 g/mol. The first kappa shape index (κ1) is 15.0. The number of hydrogen-bond acceptors (Lipinski definition) is 4. The average molecular weight is 306 g/mol. The van der Waals surface area contributed by atoms with Gasteiger partial charge in [-0.2, -0.15) is 8.42 Å². The van der Waals surface area contributed by atoms with Crippen molar-refractivity contribution in [1.29, 1.82) is 0 Å². The Hall–Kier alpha value is -2.38. The van der Waals surface area contributed by atoms with E-state index in [0.29, 0.717) is 11.3 Å². The maximum atomic E-state index is 11.2. The maximum Gasteiger partial charge on any atom is 0.296 e. The van der Waals surface area contributed by atoms with Gasteiger partial charge in [-0.1, -0.05) is 18.2 Å². The summed E-state index contributed by atoms with van der Waals surface area (Å²) in [6.45, 7) is 1.41. The van der Waals surface area contributed by atoms with E-state index >= 15 is 0 Å². The number of hydrogen-bond donors (Lipinski definition) is 3. The van der Waals surface area contributed by atoms with Crippen molar-refractivity contribution in [2.45, 2.75) is 11.8 Å². The Bertz CT molecular complexity index is 783. The van der Waals surface area contributed by atoms with Gasteiger partial charge in [0.1, 0.15) is 4.90 Å². The highest BCUT2D eigenvalue weighted by atomic mass is 32.2. The summed E-state index contributed by atoms with van der Waals surface area (Å²) in [7, 11) is -4.37. The van der Waals surface area contributed by atoms with E-state index in [4.69, 9.17) is 10.3 Å². The summed E-state index contributed by atoms with van der Waals surface area (Å²) in [6, 6.07) is 11.2. The highest BCUT2D eigenvalue weighted by Gasteiger charge is 2.14. The number of anilines is 2. The minimum Gasteiger partial charge on any atom is -0.398 e. The summed E-state index contributed by atoms with van der Waals surface area (Å²) in [4.78, 5) is 10.6. The number of amides is 1.